The van der Waals surface area contributed by atoms with E-state index in [1.165, 1.54) is 37.6 Å². The number of pyridine rings is 2. The van der Waals surface area contributed by atoms with Crippen molar-refractivity contribution in [2.45, 2.75) is 69.7 Å². The number of likely N-dealkylation sites (tertiary alicyclic amines) is 1. The van der Waals surface area contributed by atoms with Gasteiger partial charge in [-0.2, -0.15) is 0 Å². The van der Waals surface area contributed by atoms with Crippen molar-refractivity contribution in [2.75, 3.05) is 13.1 Å². The maximum atomic E-state index is 14.1. The Balaban J connectivity index is 1.23. The molecule has 0 unspecified atom stereocenters. The number of aromatic nitrogens is 2. The van der Waals surface area contributed by atoms with E-state index < -0.39 is 0 Å². The first-order valence-corrected chi connectivity index (χ1v) is 11.4. The van der Waals surface area contributed by atoms with Gasteiger partial charge >= 0.3 is 0 Å². The number of fused-ring (bicyclic) bond motifs is 6. The highest BCUT2D eigenvalue weighted by atomic mass is 19.1. The molecule has 30 heavy (non-hydrogen) atoms. The topological polar surface area (TPSA) is 41.4 Å². The van der Waals surface area contributed by atoms with Crippen molar-refractivity contribution >= 4 is 0 Å². The maximum Gasteiger partial charge on any atom is 0.255 e. The molecular formula is C24H29FN4O. The maximum absolute atomic E-state index is 14.1. The van der Waals surface area contributed by atoms with Gasteiger partial charge in [0.15, 0.2) is 0 Å². The smallest absolute Gasteiger partial charge is 0.255 e. The van der Waals surface area contributed by atoms with Gasteiger partial charge in [0.2, 0.25) is 0 Å². The van der Waals surface area contributed by atoms with Crippen LogP contribution < -0.4 is 5.56 Å². The summed E-state index contributed by atoms with van der Waals surface area (Å²) in [7, 11) is 0. The lowest BCUT2D eigenvalue weighted by Gasteiger charge is -2.43. The zero-order valence-corrected chi connectivity index (χ0v) is 17.3. The van der Waals surface area contributed by atoms with Crippen molar-refractivity contribution < 1.29 is 4.39 Å². The first-order valence-electron chi connectivity index (χ1n) is 11.4. The van der Waals surface area contributed by atoms with Crippen molar-refractivity contribution in [1.29, 1.82) is 0 Å². The first kappa shape index (κ1) is 18.7. The molecule has 158 valence electrons. The molecule has 2 atom stereocenters. The molecule has 4 bridgehead atoms. The number of halogens is 1. The van der Waals surface area contributed by atoms with Crippen LogP contribution in [0.3, 0.4) is 0 Å². The fraction of sp³-hybridized carbons (Fsp3) is 0.583. The second-order valence-corrected chi connectivity index (χ2v) is 9.79. The minimum atomic E-state index is -0.231. The van der Waals surface area contributed by atoms with Crippen molar-refractivity contribution in [3.05, 3.63) is 63.6 Å². The van der Waals surface area contributed by atoms with Gasteiger partial charge in [0.05, 0.1) is 6.20 Å². The summed E-state index contributed by atoms with van der Waals surface area (Å²) in [4.78, 5) is 22.1. The van der Waals surface area contributed by atoms with E-state index in [1.54, 1.807) is 12.3 Å². The van der Waals surface area contributed by atoms with Crippen molar-refractivity contribution in [3.8, 4) is 0 Å². The normalized spacial score (nSPS) is 30.6. The molecule has 0 saturated carbocycles. The van der Waals surface area contributed by atoms with Gasteiger partial charge in [0, 0.05) is 73.7 Å². The second-order valence-electron chi connectivity index (χ2n) is 9.79. The van der Waals surface area contributed by atoms with Crippen LogP contribution in [0.5, 0.6) is 0 Å². The molecule has 6 rings (SSSR count). The van der Waals surface area contributed by atoms with Crippen LogP contribution in [0.1, 0.15) is 54.8 Å². The SMILES string of the molecule is O=c1c(CN2C3CCC2CC3)ccc2n1C[C@H]1C[C@@H]2CN(Cc2ccncc2F)C1. The molecule has 4 aliphatic heterocycles. The summed E-state index contributed by atoms with van der Waals surface area (Å²) in [5.41, 5.74) is 3.07. The molecule has 6 heteroatoms. The summed E-state index contributed by atoms with van der Waals surface area (Å²) < 4.78 is 16.1. The Morgan fingerprint density at radius 3 is 2.53 bits per heavy atom. The van der Waals surface area contributed by atoms with Crippen LogP contribution in [-0.4, -0.2) is 44.5 Å². The first-order chi connectivity index (χ1) is 14.7. The van der Waals surface area contributed by atoms with Gasteiger partial charge in [0.1, 0.15) is 5.82 Å². The van der Waals surface area contributed by atoms with E-state index >= 15 is 0 Å². The molecule has 4 aliphatic rings. The van der Waals surface area contributed by atoms with Gasteiger partial charge < -0.3 is 4.57 Å². The summed E-state index contributed by atoms with van der Waals surface area (Å²) >= 11 is 0. The van der Waals surface area contributed by atoms with Crippen molar-refractivity contribution in [1.82, 2.24) is 19.4 Å². The van der Waals surface area contributed by atoms with E-state index in [2.05, 4.69) is 31.5 Å². The molecule has 0 spiro atoms. The van der Waals surface area contributed by atoms with Gasteiger partial charge in [-0.15, -0.1) is 0 Å². The Kier molecular flexibility index (Phi) is 4.53. The lowest BCUT2D eigenvalue weighted by Crippen LogP contribution is -2.47. The largest absolute Gasteiger partial charge is 0.312 e. The minimum Gasteiger partial charge on any atom is -0.312 e. The summed E-state index contributed by atoms with van der Waals surface area (Å²) in [6, 6.07) is 7.45. The summed E-state index contributed by atoms with van der Waals surface area (Å²) in [6.45, 7) is 4.03. The number of hydrogen-bond acceptors (Lipinski definition) is 4. The molecule has 3 fully saturated rings. The average molecular weight is 409 g/mol. The summed E-state index contributed by atoms with van der Waals surface area (Å²) in [5, 5.41) is 0. The quantitative estimate of drug-likeness (QED) is 0.780. The zero-order valence-electron chi connectivity index (χ0n) is 17.3. The van der Waals surface area contributed by atoms with E-state index in [4.69, 9.17) is 0 Å². The highest BCUT2D eigenvalue weighted by Crippen LogP contribution is 2.39. The molecule has 0 aliphatic carbocycles. The van der Waals surface area contributed by atoms with E-state index in [1.807, 2.05) is 0 Å². The highest BCUT2D eigenvalue weighted by Gasteiger charge is 2.40. The Morgan fingerprint density at radius 2 is 1.77 bits per heavy atom. The molecule has 2 aromatic heterocycles. The molecule has 0 radical (unpaired) electrons. The molecule has 2 aromatic rings. The van der Waals surface area contributed by atoms with Crippen LogP contribution in [0, 0.1) is 11.7 Å². The molecule has 5 nitrogen and oxygen atoms in total. The minimum absolute atomic E-state index is 0.224. The van der Waals surface area contributed by atoms with Gasteiger partial charge in [-0.05, 0) is 50.2 Å². The lowest BCUT2D eigenvalue weighted by molar-refractivity contribution is 0.113. The Labute approximate surface area is 176 Å². The number of hydrogen-bond donors (Lipinski definition) is 0. The molecule has 6 heterocycles. The molecule has 0 amide bonds. The fourth-order valence-electron chi connectivity index (χ4n) is 6.59. The second kappa shape index (κ2) is 7.27. The van der Waals surface area contributed by atoms with Gasteiger partial charge in [-0.3, -0.25) is 19.6 Å². The van der Waals surface area contributed by atoms with Crippen LogP contribution in [0.4, 0.5) is 4.39 Å². The Morgan fingerprint density at radius 1 is 0.967 bits per heavy atom. The van der Waals surface area contributed by atoms with Gasteiger partial charge in [0.25, 0.3) is 5.56 Å². The van der Waals surface area contributed by atoms with Crippen LogP contribution in [0.15, 0.2) is 35.4 Å². The fourth-order valence-corrected chi connectivity index (χ4v) is 6.59. The van der Waals surface area contributed by atoms with E-state index in [-0.39, 0.29) is 11.4 Å². The third-order valence-electron chi connectivity index (χ3n) is 7.97. The molecule has 0 aromatic carbocycles. The summed E-state index contributed by atoms with van der Waals surface area (Å²) in [5.74, 6) is 0.578. The number of nitrogens with zero attached hydrogens (tertiary/aromatic N) is 4. The van der Waals surface area contributed by atoms with Crippen LogP contribution in [0.2, 0.25) is 0 Å². The average Bonchev–Trinajstić information content (AvgIpc) is 3.31. The third kappa shape index (κ3) is 3.12. The number of rotatable bonds is 4. The van der Waals surface area contributed by atoms with Crippen molar-refractivity contribution in [3.63, 3.8) is 0 Å². The Bertz CT molecular complexity index is 1000. The standard InChI is InChI=1S/C24H29FN4O/c25-22-10-26-8-7-17(22)13-27-11-16-9-19(14-27)23-6-1-18(24(30)29(23)12-16)15-28-20-2-3-21(28)5-4-20/h1,6-8,10,16,19-21H,2-5,9,11-15H2/t16-,19+,20?,21?/m0/s1. The molecular weight excluding hydrogens is 379 g/mol. The zero-order chi connectivity index (χ0) is 20.2. The van der Waals surface area contributed by atoms with E-state index in [0.717, 1.165) is 38.2 Å². The predicted molar refractivity (Wildman–Crippen MR) is 113 cm³/mol. The van der Waals surface area contributed by atoms with Crippen LogP contribution in [0.25, 0.3) is 0 Å². The highest BCUT2D eigenvalue weighted by molar-refractivity contribution is 5.23. The monoisotopic (exact) mass is 408 g/mol. The number of piperidine rings is 1. The Hall–Kier alpha value is -2.05. The van der Waals surface area contributed by atoms with E-state index in [0.29, 0.717) is 36.0 Å². The van der Waals surface area contributed by atoms with Crippen LogP contribution >= 0.6 is 0 Å². The van der Waals surface area contributed by atoms with Gasteiger partial charge in [-0.25, -0.2) is 4.39 Å². The van der Waals surface area contributed by atoms with Crippen molar-refractivity contribution in [2.24, 2.45) is 5.92 Å². The van der Waals surface area contributed by atoms with Crippen LogP contribution in [-0.2, 0) is 19.6 Å². The van der Waals surface area contributed by atoms with E-state index in [9.17, 15) is 9.18 Å². The molecule has 0 N–H and O–H groups in total. The predicted octanol–water partition coefficient (Wildman–Crippen LogP) is 3.13. The van der Waals surface area contributed by atoms with Gasteiger partial charge in [-0.1, -0.05) is 6.07 Å². The third-order valence-corrected chi connectivity index (χ3v) is 7.97. The lowest BCUT2D eigenvalue weighted by atomic mass is 9.82. The molecule has 3 saturated heterocycles. The summed E-state index contributed by atoms with van der Waals surface area (Å²) in [6.07, 6.45) is 9.29.